The Bertz CT molecular complexity index is 540. The molecule has 0 fully saturated rings. The minimum atomic E-state index is 0.0590. The van der Waals surface area contributed by atoms with E-state index in [1.165, 1.54) is 11.3 Å². The normalized spacial score (nSPS) is 11.8. The maximum Gasteiger partial charge on any atom is 0.203 e. The van der Waals surface area contributed by atoms with Crippen molar-refractivity contribution in [2.45, 2.75) is 33.1 Å². The molecule has 0 atom stereocenters. The lowest BCUT2D eigenvalue weighted by atomic mass is 9.91. The van der Waals surface area contributed by atoms with Gasteiger partial charge in [-0.2, -0.15) is 0 Å². The van der Waals surface area contributed by atoms with Crippen molar-refractivity contribution in [1.82, 2.24) is 15.2 Å². The lowest BCUT2D eigenvalue weighted by molar-refractivity contribution is 0.567. The fourth-order valence-corrected chi connectivity index (χ4v) is 2.24. The summed E-state index contributed by atoms with van der Waals surface area (Å²) >= 11 is 1.38. The van der Waals surface area contributed by atoms with Crippen LogP contribution in [-0.2, 0) is 5.41 Å². The quantitative estimate of drug-likeness (QED) is 0.842. The fourth-order valence-electron chi connectivity index (χ4n) is 1.55. The summed E-state index contributed by atoms with van der Waals surface area (Å²) in [6, 6.07) is 4.09. The van der Waals surface area contributed by atoms with E-state index < -0.39 is 0 Å². The number of pyridine rings is 1. The van der Waals surface area contributed by atoms with Crippen LogP contribution in [0.25, 0.3) is 10.6 Å². The number of aromatic nitrogens is 3. The van der Waals surface area contributed by atoms with Gasteiger partial charge in [-0.1, -0.05) is 32.1 Å². The van der Waals surface area contributed by atoms with Crippen LogP contribution in [0.3, 0.4) is 0 Å². The second-order valence-corrected chi connectivity index (χ2v) is 6.03. The van der Waals surface area contributed by atoms with Crippen LogP contribution in [0.2, 0.25) is 0 Å². The average molecular weight is 248 g/mol. The molecule has 0 radical (unpaired) electrons. The number of nitrogen functional groups attached to an aromatic ring is 1. The SMILES string of the molecule is Cc1nc(C(C)(C)C)ccc1-c1nnc(N)s1. The predicted octanol–water partition coefficient (Wildman–Crippen LogP) is 2.79. The molecule has 0 spiro atoms. The van der Waals surface area contributed by atoms with Crippen molar-refractivity contribution < 1.29 is 0 Å². The molecule has 0 saturated carbocycles. The second-order valence-electron chi connectivity index (χ2n) is 5.02. The van der Waals surface area contributed by atoms with Gasteiger partial charge in [-0.05, 0) is 19.1 Å². The first kappa shape index (κ1) is 12.0. The monoisotopic (exact) mass is 248 g/mol. The van der Waals surface area contributed by atoms with Crippen molar-refractivity contribution in [1.29, 1.82) is 0 Å². The molecule has 0 bridgehead atoms. The van der Waals surface area contributed by atoms with E-state index in [0.717, 1.165) is 22.0 Å². The smallest absolute Gasteiger partial charge is 0.203 e. The van der Waals surface area contributed by atoms with Crippen molar-refractivity contribution in [3.8, 4) is 10.6 Å². The van der Waals surface area contributed by atoms with Gasteiger partial charge in [0.2, 0.25) is 5.13 Å². The molecule has 4 nitrogen and oxygen atoms in total. The van der Waals surface area contributed by atoms with Crippen molar-refractivity contribution >= 4 is 16.5 Å². The Morgan fingerprint density at radius 1 is 1.18 bits per heavy atom. The molecule has 0 aliphatic heterocycles. The number of aryl methyl sites for hydroxylation is 1. The molecular weight excluding hydrogens is 232 g/mol. The van der Waals surface area contributed by atoms with E-state index in [9.17, 15) is 0 Å². The van der Waals surface area contributed by atoms with Gasteiger partial charge in [-0.3, -0.25) is 4.98 Å². The standard InChI is InChI=1S/C12H16N4S/c1-7-8(10-15-16-11(13)17-10)5-6-9(14-7)12(2,3)4/h5-6H,1-4H3,(H2,13,16). The number of nitrogens with zero attached hydrogens (tertiary/aromatic N) is 3. The van der Waals surface area contributed by atoms with Crippen molar-refractivity contribution in [3.63, 3.8) is 0 Å². The van der Waals surface area contributed by atoms with Gasteiger partial charge in [0.05, 0.1) is 0 Å². The molecule has 2 N–H and O–H groups in total. The Hall–Kier alpha value is -1.49. The second kappa shape index (κ2) is 4.07. The Labute approximate surface area is 105 Å². The molecular formula is C12H16N4S. The molecule has 0 amide bonds. The molecule has 5 heteroatoms. The zero-order valence-corrected chi connectivity index (χ0v) is 11.3. The van der Waals surface area contributed by atoms with Crippen LogP contribution in [0.1, 0.15) is 32.2 Å². The third-order valence-electron chi connectivity index (χ3n) is 2.53. The van der Waals surface area contributed by atoms with Crippen molar-refractivity contribution in [2.24, 2.45) is 0 Å². The van der Waals surface area contributed by atoms with Gasteiger partial charge < -0.3 is 5.73 Å². The molecule has 2 aromatic rings. The van der Waals surface area contributed by atoms with E-state index in [-0.39, 0.29) is 5.41 Å². The lowest BCUT2D eigenvalue weighted by Crippen LogP contribution is -2.14. The largest absolute Gasteiger partial charge is 0.374 e. The predicted molar refractivity (Wildman–Crippen MR) is 71.0 cm³/mol. The van der Waals surface area contributed by atoms with Crippen LogP contribution in [-0.4, -0.2) is 15.2 Å². The maximum absolute atomic E-state index is 5.59. The summed E-state index contributed by atoms with van der Waals surface area (Å²) in [6.45, 7) is 8.44. The van der Waals surface area contributed by atoms with Gasteiger partial charge in [-0.15, -0.1) is 10.2 Å². The Kier molecular flexibility index (Phi) is 2.87. The summed E-state index contributed by atoms with van der Waals surface area (Å²) < 4.78 is 0. The highest BCUT2D eigenvalue weighted by molar-refractivity contribution is 7.18. The molecule has 0 aromatic carbocycles. The fraction of sp³-hybridized carbons (Fsp3) is 0.417. The van der Waals surface area contributed by atoms with Gasteiger partial charge in [0.15, 0.2) is 5.01 Å². The first-order chi connectivity index (χ1) is 7.88. The molecule has 0 aliphatic carbocycles. The van der Waals surface area contributed by atoms with Crippen LogP contribution in [0, 0.1) is 6.92 Å². The molecule has 2 aromatic heterocycles. The summed E-state index contributed by atoms with van der Waals surface area (Å²) in [5, 5.41) is 9.18. The number of nitrogens with two attached hydrogens (primary N) is 1. The highest BCUT2D eigenvalue weighted by Gasteiger charge is 2.17. The summed E-state index contributed by atoms with van der Waals surface area (Å²) in [4.78, 5) is 4.63. The summed E-state index contributed by atoms with van der Waals surface area (Å²) in [6.07, 6.45) is 0. The van der Waals surface area contributed by atoms with Crippen LogP contribution in [0.5, 0.6) is 0 Å². The topological polar surface area (TPSA) is 64.7 Å². The van der Waals surface area contributed by atoms with E-state index in [1.807, 2.05) is 19.1 Å². The molecule has 2 rings (SSSR count). The van der Waals surface area contributed by atoms with E-state index in [1.54, 1.807) is 0 Å². The van der Waals surface area contributed by atoms with E-state index >= 15 is 0 Å². The Morgan fingerprint density at radius 3 is 2.35 bits per heavy atom. The molecule has 0 unspecified atom stereocenters. The van der Waals surface area contributed by atoms with Crippen LogP contribution in [0.4, 0.5) is 5.13 Å². The van der Waals surface area contributed by atoms with Crippen LogP contribution >= 0.6 is 11.3 Å². The minimum absolute atomic E-state index is 0.0590. The molecule has 0 saturated heterocycles. The number of rotatable bonds is 1. The highest BCUT2D eigenvalue weighted by Crippen LogP contribution is 2.29. The van der Waals surface area contributed by atoms with E-state index in [0.29, 0.717) is 5.13 Å². The highest BCUT2D eigenvalue weighted by atomic mass is 32.1. The van der Waals surface area contributed by atoms with Crippen molar-refractivity contribution in [2.75, 3.05) is 5.73 Å². The summed E-state index contributed by atoms with van der Waals surface area (Å²) in [5.41, 5.74) is 8.70. The average Bonchev–Trinajstić information content (AvgIpc) is 2.63. The first-order valence-corrected chi connectivity index (χ1v) is 6.27. The first-order valence-electron chi connectivity index (χ1n) is 5.45. The molecule has 17 heavy (non-hydrogen) atoms. The Balaban J connectivity index is 2.45. The summed E-state index contributed by atoms with van der Waals surface area (Å²) in [5.74, 6) is 0. The summed E-state index contributed by atoms with van der Waals surface area (Å²) in [7, 11) is 0. The minimum Gasteiger partial charge on any atom is -0.374 e. The van der Waals surface area contributed by atoms with E-state index in [4.69, 9.17) is 5.73 Å². The van der Waals surface area contributed by atoms with E-state index in [2.05, 4.69) is 36.0 Å². The number of hydrogen-bond acceptors (Lipinski definition) is 5. The molecule has 0 aliphatic rings. The Morgan fingerprint density at radius 2 is 1.88 bits per heavy atom. The third-order valence-corrected chi connectivity index (χ3v) is 3.31. The van der Waals surface area contributed by atoms with Gasteiger partial charge in [0.1, 0.15) is 0 Å². The third kappa shape index (κ3) is 2.44. The number of hydrogen-bond donors (Lipinski definition) is 1. The maximum atomic E-state index is 5.59. The molecule has 2 heterocycles. The number of anilines is 1. The van der Waals surface area contributed by atoms with Gasteiger partial charge in [0, 0.05) is 22.4 Å². The zero-order chi connectivity index (χ0) is 12.6. The zero-order valence-electron chi connectivity index (χ0n) is 10.5. The molecule has 90 valence electrons. The van der Waals surface area contributed by atoms with Gasteiger partial charge in [-0.25, -0.2) is 0 Å². The van der Waals surface area contributed by atoms with Gasteiger partial charge in [0.25, 0.3) is 0 Å². The van der Waals surface area contributed by atoms with Crippen molar-refractivity contribution in [3.05, 3.63) is 23.5 Å². The van der Waals surface area contributed by atoms with Crippen LogP contribution < -0.4 is 5.73 Å². The lowest BCUT2D eigenvalue weighted by Gasteiger charge is -2.18. The van der Waals surface area contributed by atoms with Crippen LogP contribution in [0.15, 0.2) is 12.1 Å². The van der Waals surface area contributed by atoms with Gasteiger partial charge >= 0.3 is 0 Å².